The predicted molar refractivity (Wildman–Crippen MR) is 285 cm³/mol. The first-order chi connectivity index (χ1) is 29.8. The first kappa shape index (κ1) is 47.2. The third-order valence-corrected chi connectivity index (χ3v) is 13.9. The molecule has 0 radical (unpaired) electrons. The van der Waals surface area contributed by atoms with E-state index in [2.05, 4.69) is 242 Å². The highest BCUT2D eigenvalue weighted by Gasteiger charge is 2.35. The molecule has 0 saturated heterocycles. The van der Waals surface area contributed by atoms with Crippen LogP contribution >= 0.6 is 22.6 Å². The number of halogens is 2. The van der Waals surface area contributed by atoms with Gasteiger partial charge in [-0.2, -0.15) is 0 Å². The lowest BCUT2D eigenvalue weighted by molar-refractivity contribution is 0.590. The highest BCUT2D eigenvalue weighted by molar-refractivity contribution is 14.1. The minimum atomic E-state index is -1.37. The maximum absolute atomic E-state index is 17.3. The summed E-state index contributed by atoms with van der Waals surface area (Å²) in [4.78, 5) is 5.80. The Balaban J connectivity index is 1.67. The molecule has 1 aromatic heterocycles. The van der Waals surface area contributed by atoms with Gasteiger partial charge in [0.2, 0.25) is 0 Å². The van der Waals surface area contributed by atoms with Gasteiger partial charge in [-0.15, -0.1) is 0 Å². The Hall–Kier alpha value is -4.75. The van der Waals surface area contributed by atoms with Gasteiger partial charge in [-0.05, 0) is 134 Å². The second kappa shape index (κ2) is 17.2. The first-order valence-electron chi connectivity index (χ1n) is 22.9. The molecule has 5 heteroatoms. The molecule has 0 spiro atoms. The Morgan fingerprint density at radius 2 is 0.906 bits per heavy atom. The van der Waals surface area contributed by atoms with E-state index < -0.39 is 7.12 Å². The van der Waals surface area contributed by atoms with Crippen molar-refractivity contribution in [2.24, 2.45) is 4.99 Å². The molecule has 0 atom stereocenters. The molecule has 2 nitrogen and oxygen atoms in total. The molecule has 7 rings (SSSR count). The van der Waals surface area contributed by atoms with Crippen LogP contribution in [0.5, 0.6) is 0 Å². The van der Waals surface area contributed by atoms with E-state index in [1.807, 2.05) is 4.48 Å². The van der Waals surface area contributed by atoms with Crippen molar-refractivity contribution in [3.05, 3.63) is 186 Å². The van der Waals surface area contributed by atoms with Gasteiger partial charge in [0.05, 0.1) is 11.4 Å². The smallest absolute Gasteiger partial charge is 0.355 e. The molecule has 0 N–H and O–H groups in total. The van der Waals surface area contributed by atoms with Crippen molar-refractivity contribution in [1.29, 1.82) is 0 Å². The average molecular weight is 961 g/mol. The van der Waals surface area contributed by atoms with E-state index in [-0.39, 0.29) is 21.7 Å². The lowest BCUT2D eigenvalue weighted by atomic mass is 9.82. The number of aromatic nitrogens is 1. The molecule has 0 aliphatic carbocycles. The number of allylic oxidation sites excluding steroid dienone is 2. The zero-order valence-corrected chi connectivity index (χ0v) is 43.4. The zero-order chi connectivity index (χ0) is 46.8. The maximum atomic E-state index is 17.3. The third-order valence-electron chi connectivity index (χ3n) is 12.9. The predicted octanol–water partition coefficient (Wildman–Crippen LogP) is 17.0. The van der Waals surface area contributed by atoms with Crippen LogP contribution < -0.4 is 0 Å². The Morgan fingerprint density at radius 1 is 0.531 bits per heavy atom. The first-order valence-corrected chi connectivity index (χ1v) is 24.0. The number of nitrogens with zero attached hydrogens (tertiary/aromatic N) is 2. The van der Waals surface area contributed by atoms with Gasteiger partial charge in [0.1, 0.15) is 0 Å². The minimum Gasteiger partial charge on any atom is -0.355 e. The van der Waals surface area contributed by atoms with Gasteiger partial charge >= 0.3 is 7.12 Å². The summed E-state index contributed by atoms with van der Waals surface area (Å²) in [6.45, 7) is 35.2. The Kier molecular flexibility index (Phi) is 12.7. The van der Waals surface area contributed by atoms with Crippen molar-refractivity contribution >= 4 is 46.6 Å². The van der Waals surface area contributed by atoms with Crippen LogP contribution in [0.4, 0.5) is 4.32 Å². The number of hydrogen-bond acceptors (Lipinski definition) is 1. The largest absolute Gasteiger partial charge is 0.462 e. The van der Waals surface area contributed by atoms with Crippen LogP contribution in [0.2, 0.25) is 6.82 Å². The molecule has 5 aromatic carbocycles. The average Bonchev–Trinajstić information content (AvgIpc) is 3.76. The van der Waals surface area contributed by atoms with Crippen LogP contribution in [0.3, 0.4) is 0 Å². The van der Waals surface area contributed by atoms with Gasteiger partial charge in [0, 0.05) is 37.2 Å². The van der Waals surface area contributed by atoms with Crippen molar-refractivity contribution in [3.8, 4) is 22.4 Å². The molecule has 64 heavy (non-hydrogen) atoms. The lowest BCUT2D eigenvalue weighted by Gasteiger charge is -2.24. The fourth-order valence-corrected chi connectivity index (χ4v) is 10.1. The third kappa shape index (κ3) is 9.34. The van der Waals surface area contributed by atoms with E-state index >= 15 is 4.32 Å². The molecule has 0 amide bonds. The summed E-state index contributed by atoms with van der Waals surface area (Å²) < 4.78 is 20.3. The lowest BCUT2D eigenvalue weighted by Crippen LogP contribution is -2.20. The van der Waals surface area contributed by atoms with E-state index in [4.69, 9.17) is 4.99 Å². The Bertz CT molecular complexity index is 2780. The Labute approximate surface area is 398 Å². The van der Waals surface area contributed by atoms with Crippen molar-refractivity contribution in [3.63, 3.8) is 0 Å². The van der Waals surface area contributed by atoms with Crippen molar-refractivity contribution in [1.82, 2.24) is 4.48 Å². The summed E-state index contributed by atoms with van der Waals surface area (Å²) in [6, 6.07) is 42.3. The topological polar surface area (TPSA) is 17.3 Å². The van der Waals surface area contributed by atoms with Gasteiger partial charge in [-0.25, -0.2) is 4.99 Å². The molecule has 0 saturated carbocycles. The molecule has 0 bridgehead atoms. The minimum absolute atomic E-state index is 0.0107. The summed E-state index contributed by atoms with van der Waals surface area (Å²) in [6.07, 6.45) is 0. The van der Waals surface area contributed by atoms with E-state index in [1.54, 1.807) is 6.82 Å². The molecular weight excluding hydrogens is 893 g/mol. The van der Waals surface area contributed by atoms with Crippen molar-refractivity contribution < 1.29 is 4.32 Å². The molecular formula is C59H67BFIN2. The van der Waals surface area contributed by atoms with Crippen LogP contribution in [-0.2, 0) is 21.7 Å². The number of aliphatic imine (C=N–C) groups is 1. The molecule has 0 fully saturated rings. The second-order valence-corrected chi connectivity index (χ2v) is 23.3. The van der Waals surface area contributed by atoms with Crippen LogP contribution in [0, 0.1) is 20.8 Å². The van der Waals surface area contributed by atoms with Gasteiger partial charge in [0.15, 0.2) is 0 Å². The molecule has 6 aromatic rings. The molecule has 2 heterocycles. The van der Waals surface area contributed by atoms with E-state index in [1.165, 1.54) is 27.8 Å². The van der Waals surface area contributed by atoms with Crippen LogP contribution in [0.1, 0.15) is 144 Å². The standard InChI is InChI=1S/C59H67BFIN2/c1-36-33-37(2)49(38(3)34-36)51(54-50(41-21-29-45(30-22-41)58(10,11)12)52(62)53(63-54)42-23-31-46(32-24-42)59(13,14)15)55-47(39-17-25-43(26-18-39)56(4,5)6)35-48(64(55)60(16)61)40-19-27-44(28-20-40)57(7,8)9/h17-35H,1-16H3/b54-51-. The Morgan fingerprint density at radius 3 is 1.30 bits per heavy atom. The van der Waals surface area contributed by atoms with Gasteiger partial charge in [-0.3, -0.25) is 0 Å². The monoisotopic (exact) mass is 960 g/mol. The van der Waals surface area contributed by atoms with Gasteiger partial charge in [-0.1, -0.05) is 198 Å². The van der Waals surface area contributed by atoms with Crippen LogP contribution in [0.15, 0.2) is 130 Å². The summed E-state index contributed by atoms with van der Waals surface area (Å²) in [7, 11) is -1.37. The summed E-state index contributed by atoms with van der Waals surface area (Å²) in [5, 5.41) is 0. The molecule has 330 valence electrons. The summed E-state index contributed by atoms with van der Waals surface area (Å²) >= 11 is 2.53. The maximum Gasteiger partial charge on any atom is 0.462 e. The molecule has 1 aliphatic rings. The fraction of sp³-hybridized carbons (Fsp3) is 0.339. The number of benzene rings is 5. The van der Waals surface area contributed by atoms with E-state index in [0.717, 1.165) is 82.0 Å². The quantitative estimate of drug-likeness (QED) is 0.112. The van der Waals surface area contributed by atoms with Gasteiger partial charge in [0.25, 0.3) is 0 Å². The van der Waals surface area contributed by atoms with Crippen LogP contribution in [-0.4, -0.2) is 17.3 Å². The highest BCUT2D eigenvalue weighted by atomic mass is 127. The second-order valence-electron chi connectivity index (χ2n) is 22.2. The fourth-order valence-electron chi connectivity index (χ4n) is 9.15. The zero-order valence-electron chi connectivity index (χ0n) is 41.2. The summed E-state index contributed by atoms with van der Waals surface area (Å²) in [5.74, 6) is 0. The number of aryl methyl sites for hydroxylation is 3. The SMILES string of the molecule is CB(F)n1c(-c2ccc(C(C)(C)C)cc2)cc(-c2ccc(C(C)(C)C)cc2)c1/C(=C1\N=C(c2ccc(C(C)(C)C)cc2)C(I)=C1c1ccc(C(C)(C)C)cc1)c1c(C)cc(C)cc1C. The normalized spacial score (nSPS) is 14.6. The number of hydrogen-bond donors (Lipinski definition) is 0. The number of rotatable bonds is 7. The van der Waals surface area contributed by atoms with E-state index in [9.17, 15) is 0 Å². The van der Waals surface area contributed by atoms with Crippen molar-refractivity contribution in [2.45, 2.75) is 132 Å². The van der Waals surface area contributed by atoms with Crippen molar-refractivity contribution in [2.75, 3.05) is 0 Å². The summed E-state index contributed by atoms with van der Waals surface area (Å²) in [5.41, 5.74) is 20.0. The highest BCUT2D eigenvalue weighted by Crippen LogP contribution is 2.50. The molecule has 0 unspecified atom stereocenters. The molecule has 1 aliphatic heterocycles. The van der Waals surface area contributed by atoms with Crippen LogP contribution in [0.25, 0.3) is 33.5 Å². The van der Waals surface area contributed by atoms with Gasteiger partial charge < -0.3 is 8.79 Å². The van der Waals surface area contributed by atoms with E-state index in [0.29, 0.717) is 0 Å².